The molecule has 5 heteroatoms. The van der Waals surface area contributed by atoms with Crippen LogP contribution in [0, 0.1) is 0 Å². The third kappa shape index (κ3) is 4.10. The molecular weight excluding hydrogens is 422 g/mol. The zero-order valence-corrected chi connectivity index (χ0v) is 19.3. The van der Waals surface area contributed by atoms with Crippen molar-refractivity contribution >= 4 is 22.7 Å². The Hall–Kier alpha value is -3.86. The van der Waals surface area contributed by atoms with Crippen molar-refractivity contribution in [3.8, 4) is 0 Å². The van der Waals surface area contributed by atoms with Gasteiger partial charge in [0.2, 0.25) is 11.8 Å². The number of para-hydroxylation sites is 1. The van der Waals surface area contributed by atoms with Gasteiger partial charge < -0.3 is 15.2 Å². The van der Waals surface area contributed by atoms with E-state index in [9.17, 15) is 9.59 Å². The highest BCUT2D eigenvalue weighted by Crippen LogP contribution is 2.38. The Bertz CT molecular complexity index is 1300. The third-order valence-electron chi connectivity index (χ3n) is 6.81. The van der Waals surface area contributed by atoms with Crippen molar-refractivity contribution in [2.45, 2.75) is 31.7 Å². The van der Waals surface area contributed by atoms with E-state index in [1.807, 2.05) is 66.4 Å². The molecule has 5 nitrogen and oxygen atoms in total. The fourth-order valence-corrected chi connectivity index (χ4v) is 5.14. The average Bonchev–Trinajstić information content (AvgIpc) is 3.27. The van der Waals surface area contributed by atoms with Gasteiger partial charge in [-0.25, -0.2) is 0 Å². The molecule has 0 saturated heterocycles. The molecule has 2 atom stereocenters. The van der Waals surface area contributed by atoms with Crippen molar-refractivity contribution < 1.29 is 9.59 Å². The van der Waals surface area contributed by atoms with Crippen LogP contribution >= 0.6 is 0 Å². The van der Waals surface area contributed by atoms with E-state index in [4.69, 9.17) is 0 Å². The molecule has 0 spiro atoms. The molecule has 5 rings (SSSR count). The fourth-order valence-electron chi connectivity index (χ4n) is 5.14. The minimum absolute atomic E-state index is 0.0128. The highest BCUT2D eigenvalue weighted by atomic mass is 16.2. The van der Waals surface area contributed by atoms with Gasteiger partial charge in [0.15, 0.2) is 0 Å². The van der Waals surface area contributed by atoms with Crippen LogP contribution in [0.1, 0.15) is 47.7 Å². The molecule has 2 amide bonds. The first-order valence-electron chi connectivity index (χ1n) is 11.9. The number of nitrogens with zero attached hydrogens (tertiary/aromatic N) is 1. The summed E-state index contributed by atoms with van der Waals surface area (Å²) in [5.41, 5.74) is 5.45. The van der Waals surface area contributed by atoms with Crippen molar-refractivity contribution in [2.24, 2.45) is 0 Å². The van der Waals surface area contributed by atoms with Gasteiger partial charge in [-0.2, -0.15) is 0 Å². The van der Waals surface area contributed by atoms with Crippen LogP contribution in [0.2, 0.25) is 0 Å². The Morgan fingerprint density at radius 3 is 2.38 bits per heavy atom. The predicted molar refractivity (Wildman–Crippen MR) is 134 cm³/mol. The van der Waals surface area contributed by atoms with Crippen LogP contribution in [0.5, 0.6) is 0 Å². The molecule has 2 N–H and O–H groups in total. The molecule has 0 aliphatic carbocycles. The van der Waals surface area contributed by atoms with Gasteiger partial charge in [-0.05, 0) is 35.6 Å². The summed E-state index contributed by atoms with van der Waals surface area (Å²) in [6.45, 7) is 2.59. The first kappa shape index (κ1) is 22.0. The second-order valence-electron chi connectivity index (χ2n) is 8.80. The lowest BCUT2D eigenvalue weighted by Gasteiger charge is -2.36. The number of aromatic nitrogens is 1. The zero-order chi connectivity index (χ0) is 23.5. The lowest BCUT2D eigenvalue weighted by Crippen LogP contribution is -2.46. The van der Waals surface area contributed by atoms with Crippen molar-refractivity contribution in [2.75, 3.05) is 13.1 Å². The van der Waals surface area contributed by atoms with Gasteiger partial charge in [0.05, 0.1) is 18.5 Å². The largest absolute Gasteiger partial charge is 0.356 e. The summed E-state index contributed by atoms with van der Waals surface area (Å²) >= 11 is 0. The number of hydrogen-bond donors (Lipinski definition) is 2. The lowest BCUT2D eigenvalue weighted by molar-refractivity contribution is -0.135. The Morgan fingerprint density at radius 1 is 0.971 bits per heavy atom. The average molecular weight is 452 g/mol. The number of benzene rings is 3. The van der Waals surface area contributed by atoms with E-state index in [2.05, 4.69) is 40.6 Å². The molecule has 1 aromatic heterocycles. The number of H-pyrrole nitrogens is 1. The van der Waals surface area contributed by atoms with Gasteiger partial charge in [-0.1, -0.05) is 85.8 Å². The standard InChI is InChI=1S/C29H29N3O2/c1-2-22(20-11-5-3-6-12-20)29(34)30-19-26(33)32-18-17-24-23-15-9-10-16-25(23)31-27(24)28(32)21-13-7-4-8-14-21/h3-16,22,28,31H,2,17-19H2,1H3,(H,30,34). The van der Waals surface area contributed by atoms with Gasteiger partial charge in [0.25, 0.3) is 0 Å². The molecule has 0 bridgehead atoms. The highest BCUT2D eigenvalue weighted by molar-refractivity contribution is 5.90. The first-order valence-corrected chi connectivity index (χ1v) is 11.9. The van der Waals surface area contributed by atoms with E-state index >= 15 is 0 Å². The van der Waals surface area contributed by atoms with Gasteiger partial charge >= 0.3 is 0 Å². The molecule has 2 heterocycles. The van der Waals surface area contributed by atoms with Gasteiger partial charge in [-0.15, -0.1) is 0 Å². The Labute approximate surface area is 199 Å². The van der Waals surface area contributed by atoms with E-state index in [1.165, 1.54) is 10.9 Å². The summed E-state index contributed by atoms with van der Waals surface area (Å²) in [7, 11) is 0. The number of rotatable bonds is 6. The van der Waals surface area contributed by atoms with Gasteiger partial charge in [0, 0.05) is 23.1 Å². The van der Waals surface area contributed by atoms with Gasteiger partial charge in [0.1, 0.15) is 0 Å². The molecule has 1 aliphatic heterocycles. The topological polar surface area (TPSA) is 65.2 Å². The lowest BCUT2D eigenvalue weighted by atomic mass is 9.92. The maximum atomic E-state index is 13.5. The first-order chi connectivity index (χ1) is 16.7. The van der Waals surface area contributed by atoms with E-state index in [-0.39, 0.29) is 30.3 Å². The number of nitrogens with one attached hydrogen (secondary N) is 2. The minimum Gasteiger partial charge on any atom is -0.356 e. The van der Waals surface area contributed by atoms with Crippen LogP contribution in [-0.2, 0) is 16.0 Å². The minimum atomic E-state index is -0.263. The molecule has 0 radical (unpaired) electrons. The Balaban J connectivity index is 1.40. The number of amides is 2. The molecule has 1 aliphatic rings. The van der Waals surface area contributed by atoms with Crippen molar-refractivity contribution in [3.05, 3.63) is 107 Å². The number of carbonyl (C=O) groups excluding carboxylic acids is 2. The molecule has 2 unspecified atom stereocenters. The maximum absolute atomic E-state index is 13.5. The van der Waals surface area contributed by atoms with Crippen molar-refractivity contribution in [1.82, 2.24) is 15.2 Å². The molecule has 0 fully saturated rings. The summed E-state index contributed by atoms with van der Waals surface area (Å²) in [5, 5.41) is 4.13. The van der Waals surface area contributed by atoms with E-state index in [1.54, 1.807) is 0 Å². The van der Waals surface area contributed by atoms with E-state index < -0.39 is 0 Å². The molecule has 4 aromatic rings. The fraction of sp³-hybridized carbons (Fsp3) is 0.241. The van der Waals surface area contributed by atoms with Crippen LogP contribution in [0.25, 0.3) is 10.9 Å². The number of fused-ring (bicyclic) bond motifs is 3. The van der Waals surface area contributed by atoms with Crippen LogP contribution in [-0.4, -0.2) is 34.8 Å². The molecular formula is C29H29N3O2. The SMILES string of the molecule is CCC(C(=O)NCC(=O)N1CCc2c([nH]c3ccccc23)C1c1ccccc1)c1ccccc1. The third-order valence-corrected chi connectivity index (χ3v) is 6.81. The van der Waals surface area contributed by atoms with Crippen molar-refractivity contribution in [3.63, 3.8) is 0 Å². The Morgan fingerprint density at radius 2 is 1.65 bits per heavy atom. The van der Waals surface area contributed by atoms with Gasteiger partial charge in [-0.3, -0.25) is 9.59 Å². The zero-order valence-electron chi connectivity index (χ0n) is 19.3. The summed E-state index contributed by atoms with van der Waals surface area (Å²) in [5.74, 6) is -0.448. The Kier molecular flexibility index (Phi) is 6.17. The van der Waals surface area contributed by atoms with Crippen LogP contribution in [0.4, 0.5) is 0 Å². The number of aromatic amines is 1. The molecule has 172 valence electrons. The van der Waals surface area contributed by atoms with Crippen molar-refractivity contribution in [1.29, 1.82) is 0 Å². The summed E-state index contributed by atoms with van der Waals surface area (Å²) in [6.07, 6.45) is 1.46. The van der Waals surface area contributed by atoms with Crippen LogP contribution < -0.4 is 5.32 Å². The summed E-state index contributed by atoms with van der Waals surface area (Å²) < 4.78 is 0. The van der Waals surface area contributed by atoms with Crippen LogP contribution in [0.15, 0.2) is 84.9 Å². The van der Waals surface area contributed by atoms with E-state index in [0.29, 0.717) is 13.0 Å². The maximum Gasteiger partial charge on any atom is 0.242 e. The number of hydrogen-bond acceptors (Lipinski definition) is 2. The van der Waals surface area contributed by atoms with Crippen LogP contribution in [0.3, 0.4) is 0 Å². The quantitative estimate of drug-likeness (QED) is 0.436. The van der Waals surface area contributed by atoms with E-state index in [0.717, 1.165) is 28.8 Å². The second kappa shape index (κ2) is 9.56. The monoisotopic (exact) mass is 451 g/mol. The normalized spacial score (nSPS) is 16.1. The summed E-state index contributed by atoms with van der Waals surface area (Å²) in [4.78, 5) is 31.9. The summed E-state index contributed by atoms with van der Waals surface area (Å²) in [6, 6.07) is 27.9. The predicted octanol–water partition coefficient (Wildman–Crippen LogP) is 4.95. The molecule has 3 aromatic carbocycles. The second-order valence-corrected chi connectivity index (χ2v) is 8.80. The molecule has 0 saturated carbocycles. The molecule has 34 heavy (non-hydrogen) atoms. The smallest absolute Gasteiger partial charge is 0.242 e. The number of carbonyl (C=O) groups is 2. The highest BCUT2D eigenvalue weighted by Gasteiger charge is 2.34.